The molecule has 0 radical (unpaired) electrons. The fourth-order valence-corrected chi connectivity index (χ4v) is 1.66. The number of benzene rings is 1. The van der Waals surface area contributed by atoms with E-state index in [-0.39, 0.29) is 6.61 Å². The highest BCUT2D eigenvalue weighted by Gasteiger charge is 2.23. The largest absolute Gasteiger partial charge is 0.464 e. The summed E-state index contributed by atoms with van der Waals surface area (Å²) in [5.41, 5.74) is 0.947. The zero-order valence-electron chi connectivity index (χ0n) is 11.9. The topological polar surface area (TPSA) is 64.6 Å². The van der Waals surface area contributed by atoms with Crippen molar-refractivity contribution in [3.8, 4) is 0 Å². The standard InChI is InChI=1S/C15H21NO4/c1-3-10-20-14(17)13(16-15(18)19-4-2)11-12-8-6-5-7-9-12/h5-9,13H,3-4,10-11H2,1-2H3,(H,16,18). The molecular weight excluding hydrogens is 258 g/mol. The second-order valence-corrected chi connectivity index (χ2v) is 4.27. The highest BCUT2D eigenvalue weighted by molar-refractivity contribution is 5.81. The van der Waals surface area contributed by atoms with Gasteiger partial charge in [-0.05, 0) is 18.9 Å². The molecule has 1 unspecified atom stereocenters. The molecule has 5 heteroatoms. The molecular formula is C15H21NO4. The van der Waals surface area contributed by atoms with E-state index in [2.05, 4.69) is 5.32 Å². The third-order valence-corrected chi connectivity index (χ3v) is 2.58. The molecule has 0 fully saturated rings. The molecule has 0 aliphatic carbocycles. The summed E-state index contributed by atoms with van der Waals surface area (Å²) in [4.78, 5) is 23.4. The van der Waals surface area contributed by atoms with Crippen molar-refractivity contribution >= 4 is 12.1 Å². The summed E-state index contributed by atoms with van der Waals surface area (Å²) in [5, 5.41) is 2.54. The number of nitrogens with one attached hydrogen (secondary N) is 1. The molecule has 0 aliphatic heterocycles. The third-order valence-electron chi connectivity index (χ3n) is 2.58. The maximum absolute atomic E-state index is 12.0. The van der Waals surface area contributed by atoms with Crippen LogP contribution in [0.15, 0.2) is 30.3 Å². The van der Waals surface area contributed by atoms with E-state index in [9.17, 15) is 9.59 Å². The maximum atomic E-state index is 12.0. The Morgan fingerprint density at radius 3 is 2.45 bits per heavy atom. The fraction of sp³-hybridized carbons (Fsp3) is 0.467. The zero-order chi connectivity index (χ0) is 14.8. The van der Waals surface area contributed by atoms with Crippen molar-refractivity contribution in [1.82, 2.24) is 5.32 Å². The summed E-state index contributed by atoms with van der Waals surface area (Å²) in [6.45, 7) is 4.22. The van der Waals surface area contributed by atoms with Gasteiger partial charge in [0, 0.05) is 6.42 Å². The van der Waals surface area contributed by atoms with Crippen LogP contribution in [-0.2, 0) is 20.7 Å². The van der Waals surface area contributed by atoms with E-state index in [1.165, 1.54) is 0 Å². The van der Waals surface area contributed by atoms with Crippen molar-refractivity contribution in [3.05, 3.63) is 35.9 Å². The lowest BCUT2D eigenvalue weighted by Crippen LogP contribution is -2.43. The van der Waals surface area contributed by atoms with Crippen LogP contribution >= 0.6 is 0 Å². The minimum Gasteiger partial charge on any atom is -0.464 e. The van der Waals surface area contributed by atoms with Gasteiger partial charge < -0.3 is 14.8 Å². The number of carbonyl (C=O) groups is 2. The van der Waals surface area contributed by atoms with Crippen molar-refractivity contribution in [2.24, 2.45) is 0 Å². The van der Waals surface area contributed by atoms with Gasteiger partial charge in [-0.1, -0.05) is 37.3 Å². The average Bonchev–Trinajstić information content (AvgIpc) is 2.45. The van der Waals surface area contributed by atoms with Crippen LogP contribution in [0.2, 0.25) is 0 Å². The van der Waals surface area contributed by atoms with Crippen molar-refractivity contribution in [2.45, 2.75) is 32.7 Å². The molecule has 0 saturated heterocycles. The molecule has 1 rings (SSSR count). The Balaban J connectivity index is 2.67. The van der Waals surface area contributed by atoms with Gasteiger partial charge in [-0.3, -0.25) is 0 Å². The van der Waals surface area contributed by atoms with Gasteiger partial charge in [0.2, 0.25) is 0 Å². The maximum Gasteiger partial charge on any atom is 0.407 e. The molecule has 1 aromatic carbocycles. The zero-order valence-corrected chi connectivity index (χ0v) is 11.9. The smallest absolute Gasteiger partial charge is 0.407 e. The molecule has 1 amide bonds. The first-order chi connectivity index (χ1) is 9.67. The quantitative estimate of drug-likeness (QED) is 0.778. The van der Waals surface area contributed by atoms with Gasteiger partial charge in [0.05, 0.1) is 13.2 Å². The molecule has 20 heavy (non-hydrogen) atoms. The Kier molecular flexibility index (Phi) is 7.17. The third kappa shape index (κ3) is 5.73. The lowest BCUT2D eigenvalue weighted by molar-refractivity contribution is -0.146. The van der Waals surface area contributed by atoms with Crippen LogP contribution < -0.4 is 5.32 Å². The summed E-state index contributed by atoms with van der Waals surface area (Å²) < 4.78 is 9.90. The van der Waals surface area contributed by atoms with Gasteiger partial charge in [0.25, 0.3) is 0 Å². The Bertz CT molecular complexity index is 419. The first-order valence-electron chi connectivity index (χ1n) is 6.81. The van der Waals surface area contributed by atoms with Crippen LogP contribution in [-0.4, -0.2) is 31.3 Å². The molecule has 110 valence electrons. The molecule has 0 aromatic heterocycles. The molecule has 0 saturated carbocycles. The monoisotopic (exact) mass is 279 g/mol. The summed E-state index contributed by atoms with van der Waals surface area (Å²) >= 11 is 0. The average molecular weight is 279 g/mol. The van der Waals surface area contributed by atoms with Gasteiger partial charge in [0.1, 0.15) is 6.04 Å². The lowest BCUT2D eigenvalue weighted by Gasteiger charge is -2.17. The number of esters is 1. The summed E-state index contributed by atoms with van der Waals surface area (Å²) in [5.74, 6) is -0.441. The Labute approximate surface area is 119 Å². The first kappa shape index (κ1) is 16.0. The number of carbonyl (C=O) groups excluding carboxylic acids is 2. The van der Waals surface area contributed by atoms with E-state index < -0.39 is 18.1 Å². The molecule has 1 N–H and O–H groups in total. The van der Waals surface area contributed by atoms with Gasteiger partial charge in [-0.25, -0.2) is 9.59 Å². The number of alkyl carbamates (subject to hydrolysis) is 1. The van der Waals surface area contributed by atoms with E-state index in [0.717, 1.165) is 12.0 Å². The first-order valence-corrected chi connectivity index (χ1v) is 6.81. The van der Waals surface area contributed by atoms with Crippen LogP contribution in [0, 0.1) is 0 Å². The van der Waals surface area contributed by atoms with Crippen LogP contribution in [0.3, 0.4) is 0 Å². The second-order valence-electron chi connectivity index (χ2n) is 4.27. The Morgan fingerprint density at radius 1 is 1.15 bits per heavy atom. The van der Waals surface area contributed by atoms with Gasteiger partial charge >= 0.3 is 12.1 Å². The highest BCUT2D eigenvalue weighted by Crippen LogP contribution is 2.05. The minimum atomic E-state index is -0.733. The van der Waals surface area contributed by atoms with Crippen molar-refractivity contribution in [1.29, 1.82) is 0 Å². The van der Waals surface area contributed by atoms with E-state index in [0.29, 0.717) is 13.0 Å². The predicted molar refractivity (Wildman–Crippen MR) is 75.3 cm³/mol. The van der Waals surface area contributed by atoms with Crippen LogP contribution in [0.5, 0.6) is 0 Å². The van der Waals surface area contributed by atoms with Gasteiger partial charge in [-0.15, -0.1) is 0 Å². The molecule has 1 aromatic rings. The molecule has 5 nitrogen and oxygen atoms in total. The number of hydrogen-bond acceptors (Lipinski definition) is 4. The summed E-state index contributed by atoms with van der Waals surface area (Å²) in [6, 6.07) is 8.72. The van der Waals surface area contributed by atoms with E-state index in [1.807, 2.05) is 37.3 Å². The van der Waals surface area contributed by atoms with E-state index >= 15 is 0 Å². The number of amides is 1. The summed E-state index contributed by atoms with van der Waals surface area (Å²) in [7, 11) is 0. The van der Waals surface area contributed by atoms with Crippen molar-refractivity contribution < 1.29 is 19.1 Å². The fourth-order valence-electron chi connectivity index (χ4n) is 1.66. The predicted octanol–water partition coefficient (Wildman–Crippen LogP) is 2.30. The van der Waals surface area contributed by atoms with E-state index in [1.54, 1.807) is 6.92 Å². The van der Waals surface area contributed by atoms with E-state index in [4.69, 9.17) is 9.47 Å². The normalized spacial score (nSPS) is 11.5. The van der Waals surface area contributed by atoms with Crippen LogP contribution in [0.1, 0.15) is 25.8 Å². The van der Waals surface area contributed by atoms with Crippen LogP contribution in [0.4, 0.5) is 4.79 Å². The number of hydrogen-bond donors (Lipinski definition) is 1. The Hall–Kier alpha value is -2.04. The SMILES string of the molecule is CCCOC(=O)C(Cc1ccccc1)NC(=O)OCC. The second kappa shape index (κ2) is 8.96. The lowest BCUT2D eigenvalue weighted by atomic mass is 10.1. The van der Waals surface area contributed by atoms with Crippen molar-refractivity contribution in [2.75, 3.05) is 13.2 Å². The molecule has 1 atom stereocenters. The Morgan fingerprint density at radius 2 is 1.85 bits per heavy atom. The molecule has 0 bridgehead atoms. The molecule has 0 spiro atoms. The van der Waals surface area contributed by atoms with Crippen molar-refractivity contribution in [3.63, 3.8) is 0 Å². The number of ether oxygens (including phenoxy) is 2. The molecule has 0 heterocycles. The van der Waals surface area contributed by atoms with Crippen LogP contribution in [0.25, 0.3) is 0 Å². The highest BCUT2D eigenvalue weighted by atomic mass is 16.6. The number of rotatable bonds is 7. The minimum absolute atomic E-state index is 0.258. The molecule has 0 aliphatic rings. The van der Waals surface area contributed by atoms with Gasteiger partial charge in [-0.2, -0.15) is 0 Å². The van der Waals surface area contributed by atoms with Gasteiger partial charge in [0.15, 0.2) is 0 Å². The summed E-state index contributed by atoms with van der Waals surface area (Å²) in [6.07, 6.45) is 0.507.